The van der Waals surface area contributed by atoms with Gasteiger partial charge in [0.1, 0.15) is 11.2 Å². The third-order valence-electron chi connectivity index (χ3n) is 8.48. The highest BCUT2D eigenvalue weighted by molar-refractivity contribution is 6.14. The maximum Gasteiger partial charge on any atom is 0.198 e. The molecule has 0 aliphatic rings. The average molecular weight is 590 g/mol. The van der Waals surface area contributed by atoms with Gasteiger partial charge in [0.15, 0.2) is 23.2 Å². The molecule has 0 aliphatic carbocycles. The lowest BCUT2D eigenvalue weighted by Gasteiger charge is -2.10. The zero-order chi connectivity index (χ0) is 30.6. The maximum atomic E-state index is 7.72. The summed E-state index contributed by atoms with van der Waals surface area (Å²) in [5.41, 5.74) is 7.65. The Labute approximate surface area is 263 Å². The van der Waals surface area contributed by atoms with Crippen molar-refractivity contribution in [3.05, 3.63) is 151 Å². The zero-order valence-corrected chi connectivity index (χ0v) is 24.4. The van der Waals surface area contributed by atoms with Crippen molar-refractivity contribution in [2.75, 3.05) is 0 Å². The van der Waals surface area contributed by atoms with Crippen LogP contribution >= 0.6 is 0 Å². The second kappa shape index (κ2) is 10.3. The van der Waals surface area contributed by atoms with Crippen molar-refractivity contribution >= 4 is 49.4 Å². The smallest absolute Gasteiger partial charge is 0.198 e. The lowest BCUT2D eigenvalue weighted by Crippen LogP contribution is -2.00. The minimum Gasteiger partial charge on any atom is -0.457 e. The van der Waals surface area contributed by atoms with E-state index < -0.39 is 0 Å². The molecular weight excluding hydrogens is 566 g/mol. The molecule has 0 unspecified atom stereocenters. The third kappa shape index (κ3) is 4.00. The summed E-state index contributed by atoms with van der Waals surface area (Å²) in [6.07, 6.45) is 0. The number of nitrogens with zero attached hydrogens (tertiary/aromatic N) is 5. The number of rotatable bonds is 4. The standard InChI is InChI=1S/C40H23N5O/c1-41-32-19-11-21-35-36(32)30-17-10-18-31(37(30)46-35)40-43-38(25-12-4-2-5-13-25)42-39(44-40)26-22-23-29-28-16-8-9-20-33(28)45(34(29)24-26)27-14-6-3-7-15-27/h2-24H. The molecule has 9 aromatic rings. The Hall–Kier alpha value is -6.58. The van der Waals surface area contributed by atoms with Gasteiger partial charge in [0.25, 0.3) is 0 Å². The van der Waals surface area contributed by atoms with E-state index in [4.69, 9.17) is 25.9 Å². The van der Waals surface area contributed by atoms with Gasteiger partial charge in [-0.25, -0.2) is 19.8 Å². The largest absolute Gasteiger partial charge is 0.457 e. The highest BCUT2D eigenvalue weighted by atomic mass is 16.3. The minimum absolute atomic E-state index is 0.501. The predicted octanol–water partition coefficient (Wildman–Crippen LogP) is 10.4. The number of aromatic nitrogens is 4. The number of furan rings is 1. The van der Waals surface area contributed by atoms with Crippen LogP contribution < -0.4 is 0 Å². The zero-order valence-electron chi connectivity index (χ0n) is 24.4. The van der Waals surface area contributed by atoms with Crippen molar-refractivity contribution in [3.8, 4) is 39.9 Å². The van der Waals surface area contributed by atoms with Gasteiger partial charge in [-0.3, -0.25) is 0 Å². The summed E-state index contributed by atoms with van der Waals surface area (Å²) < 4.78 is 8.67. The molecular formula is C40H23N5O. The highest BCUT2D eigenvalue weighted by Crippen LogP contribution is 2.40. The molecule has 0 amide bonds. The minimum atomic E-state index is 0.501. The van der Waals surface area contributed by atoms with Gasteiger partial charge < -0.3 is 8.98 Å². The summed E-state index contributed by atoms with van der Waals surface area (Å²) in [6, 6.07) is 46.7. The van der Waals surface area contributed by atoms with E-state index in [0.717, 1.165) is 49.6 Å². The van der Waals surface area contributed by atoms with Gasteiger partial charge in [-0.2, -0.15) is 0 Å². The average Bonchev–Trinajstić information content (AvgIpc) is 3.68. The van der Waals surface area contributed by atoms with E-state index in [0.29, 0.717) is 34.3 Å². The van der Waals surface area contributed by atoms with Crippen molar-refractivity contribution < 1.29 is 4.42 Å². The SMILES string of the molecule is [C-]#[N+]c1cccc2oc3c(-c4nc(-c5ccccc5)nc(-c5ccc6c7ccccc7n(-c7ccccc7)c6c5)n4)cccc3c12. The van der Waals surface area contributed by atoms with Crippen molar-refractivity contribution in [1.29, 1.82) is 0 Å². The third-order valence-corrected chi connectivity index (χ3v) is 8.48. The topological polar surface area (TPSA) is 61.1 Å². The molecule has 3 heterocycles. The molecule has 0 spiro atoms. The summed E-state index contributed by atoms with van der Waals surface area (Å²) in [6.45, 7) is 7.72. The molecule has 214 valence electrons. The normalized spacial score (nSPS) is 11.5. The van der Waals surface area contributed by atoms with Crippen LogP contribution in [0, 0.1) is 6.57 Å². The predicted molar refractivity (Wildman–Crippen MR) is 184 cm³/mol. The summed E-state index contributed by atoms with van der Waals surface area (Å²) in [4.78, 5) is 18.8. The van der Waals surface area contributed by atoms with E-state index in [1.807, 2.05) is 72.8 Å². The van der Waals surface area contributed by atoms with Gasteiger partial charge in [0, 0.05) is 38.4 Å². The molecule has 3 aromatic heterocycles. The molecule has 0 atom stereocenters. The molecule has 46 heavy (non-hydrogen) atoms. The molecule has 0 saturated heterocycles. The van der Waals surface area contributed by atoms with E-state index in [9.17, 15) is 0 Å². The van der Waals surface area contributed by atoms with Gasteiger partial charge >= 0.3 is 0 Å². The summed E-state index contributed by atoms with van der Waals surface area (Å²) in [5, 5.41) is 4.00. The highest BCUT2D eigenvalue weighted by Gasteiger charge is 2.20. The van der Waals surface area contributed by atoms with Crippen molar-refractivity contribution in [1.82, 2.24) is 19.5 Å². The molecule has 0 bridgehead atoms. The van der Waals surface area contributed by atoms with E-state index in [1.165, 1.54) is 5.39 Å². The van der Waals surface area contributed by atoms with Crippen LogP contribution in [0.2, 0.25) is 0 Å². The van der Waals surface area contributed by atoms with Crippen LogP contribution in [0.3, 0.4) is 0 Å². The first-order chi connectivity index (χ1) is 22.8. The van der Waals surface area contributed by atoms with E-state index in [1.54, 1.807) is 0 Å². The van der Waals surface area contributed by atoms with Gasteiger partial charge in [-0.1, -0.05) is 103 Å². The fraction of sp³-hybridized carbons (Fsp3) is 0. The number of hydrogen-bond donors (Lipinski definition) is 0. The quantitative estimate of drug-likeness (QED) is 0.192. The van der Waals surface area contributed by atoms with E-state index >= 15 is 0 Å². The second-order valence-electron chi connectivity index (χ2n) is 11.1. The van der Waals surface area contributed by atoms with Gasteiger partial charge in [-0.05, 0) is 36.4 Å². The molecule has 0 N–H and O–H groups in total. The molecule has 0 aliphatic heterocycles. The van der Waals surface area contributed by atoms with E-state index in [2.05, 4.69) is 76.1 Å². The van der Waals surface area contributed by atoms with E-state index in [-0.39, 0.29) is 0 Å². The van der Waals surface area contributed by atoms with Crippen molar-refractivity contribution in [2.45, 2.75) is 0 Å². The lowest BCUT2D eigenvalue weighted by atomic mass is 10.1. The Bertz CT molecular complexity index is 2650. The van der Waals surface area contributed by atoms with Crippen LogP contribution in [0.5, 0.6) is 0 Å². The fourth-order valence-corrected chi connectivity index (χ4v) is 6.41. The first-order valence-electron chi connectivity index (χ1n) is 15.0. The molecule has 6 aromatic carbocycles. The Morgan fingerprint density at radius 3 is 2.04 bits per heavy atom. The summed E-state index contributed by atoms with van der Waals surface area (Å²) >= 11 is 0. The first kappa shape index (κ1) is 25.9. The number of para-hydroxylation sites is 3. The summed E-state index contributed by atoms with van der Waals surface area (Å²) in [7, 11) is 0. The Morgan fingerprint density at radius 2 is 1.22 bits per heavy atom. The van der Waals surface area contributed by atoms with Crippen LogP contribution in [0.1, 0.15) is 0 Å². The molecule has 0 radical (unpaired) electrons. The number of benzene rings is 6. The Kier molecular flexibility index (Phi) is 5.77. The molecule has 0 fully saturated rings. The molecule has 6 nitrogen and oxygen atoms in total. The monoisotopic (exact) mass is 589 g/mol. The van der Waals surface area contributed by atoms with Crippen LogP contribution in [-0.2, 0) is 0 Å². The first-order valence-corrected chi connectivity index (χ1v) is 15.0. The number of fused-ring (bicyclic) bond motifs is 6. The Balaban J connectivity index is 1.31. The van der Waals surface area contributed by atoms with Crippen molar-refractivity contribution in [3.63, 3.8) is 0 Å². The van der Waals surface area contributed by atoms with Crippen LogP contribution in [0.15, 0.2) is 144 Å². The Morgan fingerprint density at radius 1 is 0.543 bits per heavy atom. The fourth-order valence-electron chi connectivity index (χ4n) is 6.41. The lowest BCUT2D eigenvalue weighted by molar-refractivity contribution is 0.669. The van der Waals surface area contributed by atoms with Gasteiger partial charge in [-0.15, -0.1) is 0 Å². The summed E-state index contributed by atoms with van der Waals surface area (Å²) in [5.74, 6) is 1.63. The molecule has 0 saturated carbocycles. The molecule has 9 rings (SSSR count). The van der Waals surface area contributed by atoms with Crippen LogP contribution in [0.25, 0.3) is 88.4 Å². The van der Waals surface area contributed by atoms with Gasteiger partial charge in [0.05, 0.1) is 23.2 Å². The van der Waals surface area contributed by atoms with Crippen LogP contribution in [0.4, 0.5) is 5.69 Å². The van der Waals surface area contributed by atoms with Crippen molar-refractivity contribution in [2.24, 2.45) is 0 Å². The maximum absolute atomic E-state index is 7.72. The molecule has 6 heteroatoms. The van der Waals surface area contributed by atoms with Gasteiger partial charge in [0.2, 0.25) is 0 Å². The van der Waals surface area contributed by atoms with Crippen LogP contribution in [-0.4, -0.2) is 19.5 Å². The second-order valence-corrected chi connectivity index (χ2v) is 11.1. The number of hydrogen-bond acceptors (Lipinski definition) is 4.